The lowest BCUT2D eigenvalue weighted by atomic mass is 10.2. The van der Waals surface area contributed by atoms with Crippen molar-refractivity contribution in [3.63, 3.8) is 0 Å². The average molecular weight is 232 g/mol. The summed E-state index contributed by atoms with van der Waals surface area (Å²) < 4.78 is 2.06. The second-order valence-corrected chi connectivity index (χ2v) is 4.55. The van der Waals surface area contributed by atoms with Gasteiger partial charge in [-0.25, -0.2) is 0 Å². The predicted octanol–water partition coefficient (Wildman–Crippen LogP) is 1.95. The molecule has 0 aliphatic carbocycles. The van der Waals surface area contributed by atoms with Crippen LogP contribution in [0, 0.1) is 11.3 Å². The number of likely N-dealkylation sites (tertiary alicyclic amines) is 1. The number of nitrogens with zero attached hydrogens (tertiary/aromatic N) is 4. The first-order valence-corrected chi connectivity index (χ1v) is 6.47. The summed E-state index contributed by atoms with van der Waals surface area (Å²) in [7, 11) is 0. The Bertz CT molecular complexity index is 416. The van der Waals surface area contributed by atoms with Crippen LogP contribution in [0.5, 0.6) is 0 Å². The summed E-state index contributed by atoms with van der Waals surface area (Å²) in [5.74, 6) is 0. The van der Waals surface area contributed by atoms with Crippen LogP contribution in [0.4, 0.5) is 0 Å². The minimum absolute atomic E-state index is 0.0975. The third-order valence-electron chi connectivity index (χ3n) is 3.45. The lowest BCUT2D eigenvalue weighted by molar-refractivity contribution is 0.277. The van der Waals surface area contributed by atoms with Gasteiger partial charge in [0.05, 0.1) is 23.5 Å². The molecule has 1 fully saturated rings. The first kappa shape index (κ1) is 12.1. The van der Waals surface area contributed by atoms with Crippen LogP contribution in [0.3, 0.4) is 0 Å². The Balaban J connectivity index is 2.12. The molecule has 0 spiro atoms. The highest BCUT2D eigenvalue weighted by molar-refractivity contribution is 5.11. The van der Waals surface area contributed by atoms with Crippen molar-refractivity contribution in [3.05, 3.63) is 17.5 Å². The molecule has 4 heteroatoms. The number of aryl methyl sites for hydroxylation is 2. The van der Waals surface area contributed by atoms with E-state index in [-0.39, 0.29) is 6.04 Å². The first-order valence-electron chi connectivity index (χ1n) is 6.47. The average Bonchev–Trinajstić information content (AvgIpc) is 2.95. The van der Waals surface area contributed by atoms with Crippen molar-refractivity contribution in [3.8, 4) is 6.07 Å². The van der Waals surface area contributed by atoms with Gasteiger partial charge in [-0.15, -0.1) is 0 Å². The topological polar surface area (TPSA) is 44.9 Å². The van der Waals surface area contributed by atoms with E-state index < -0.39 is 0 Å². The van der Waals surface area contributed by atoms with Gasteiger partial charge in [-0.05, 0) is 38.8 Å². The minimum atomic E-state index is 0.0975. The number of rotatable bonds is 4. The standard InChI is InChI=1S/C13H20N4/c1-3-11-8-13(17(4-2)15-11)10-16-7-5-6-12(16)9-14/h8,12H,3-7,10H2,1-2H3. The van der Waals surface area contributed by atoms with Gasteiger partial charge in [0.2, 0.25) is 0 Å². The Labute approximate surface area is 103 Å². The molecule has 1 aliphatic rings. The monoisotopic (exact) mass is 232 g/mol. The van der Waals surface area contributed by atoms with E-state index in [4.69, 9.17) is 5.26 Å². The van der Waals surface area contributed by atoms with Crippen LogP contribution in [-0.4, -0.2) is 27.3 Å². The zero-order valence-electron chi connectivity index (χ0n) is 10.7. The maximum absolute atomic E-state index is 9.08. The van der Waals surface area contributed by atoms with Crippen molar-refractivity contribution < 1.29 is 0 Å². The first-order chi connectivity index (χ1) is 8.28. The fraction of sp³-hybridized carbons (Fsp3) is 0.692. The van der Waals surface area contributed by atoms with E-state index in [1.54, 1.807) is 0 Å². The van der Waals surface area contributed by atoms with Crippen molar-refractivity contribution in [2.45, 2.75) is 52.2 Å². The van der Waals surface area contributed by atoms with Gasteiger partial charge in [-0.2, -0.15) is 10.4 Å². The Morgan fingerprint density at radius 2 is 2.35 bits per heavy atom. The predicted molar refractivity (Wildman–Crippen MR) is 66.3 cm³/mol. The van der Waals surface area contributed by atoms with Crippen LogP contribution in [0.1, 0.15) is 38.1 Å². The molecule has 0 N–H and O–H groups in total. The Morgan fingerprint density at radius 3 is 3.00 bits per heavy atom. The van der Waals surface area contributed by atoms with E-state index in [1.807, 2.05) is 0 Å². The Kier molecular flexibility index (Phi) is 3.80. The second-order valence-electron chi connectivity index (χ2n) is 4.55. The SMILES string of the molecule is CCc1cc(CN2CCCC2C#N)n(CC)n1. The number of hydrogen-bond acceptors (Lipinski definition) is 3. The number of nitriles is 1. The van der Waals surface area contributed by atoms with Crippen molar-refractivity contribution in [2.24, 2.45) is 0 Å². The molecule has 0 aromatic carbocycles. The van der Waals surface area contributed by atoms with Gasteiger partial charge < -0.3 is 0 Å². The molecule has 0 bridgehead atoms. The van der Waals surface area contributed by atoms with E-state index in [0.29, 0.717) is 0 Å². The van der Waals surface area contributed by atoms with E-state index in [1.165, 1.54) is 5.69 Å². The molecular formula is C13H20N4. The van der Waals surface area contributed by atoms with Crippen molar-refractivity contribution in [2.75, 3.05) is 6.54 Å². The molecule has 1 aromatic heterocycles. The summed E-state index contributed by atoms with van der Waals surface area (Å²) in [5.41, 5.74) is 2.39. The van der Waals surface area contributed by atoms with Crippen LogP contribution in [0.2, 0.25) is 0 Å². The number of aromatic nitrogens is 2. The van der Waals surface area contributed by atoms with Crippen LogP contribution in [-0.2, 0) is 19.5 Å². The normalized spacial score (nSPS) is 20.6. The Morgan fingerprint density at radius 1 is 1.53 bits per heavy atom. The third-order valence-corrected chi connectivity index (χ3v) is 3.45. The van der Waals surface area contributed by atoms with E-state index in [9.17, 15) is 0 Å². The fourth-order valence-corrected chi connectivity index (χ4v) is 2.46. The summed E-state index contributed by atoms with van der Waals surface area (Å²) in [5, 5.41) is 13.6. The van der Waals surface area contributed by atoms with Crippen LogP contribution >= 0.6 is 0 Å². The largest absolute Gasteiger partial charge is 0.282 e. The zero-order chi connectivity index (χ0) is 12.3. The van der Waals surface area contributed by atoms with Gasteiger partial charge in [-0.3, -0.25) is 9.58 Å². The smallest absolute Gasteiger partial charge is 0.0981 e. The van der Waals surface area contributed by atoms with Crippen LogP contribution < -0.4 is 0 Å². The quantitative estimate of drug-likeness (QED) is 0.797. The summed E-state index contributed by atoms with van der Waals surface area (Å²) in [4.78, 5) is 2.27. The van der Waals surface area contributed by atoms with Gasteiger partial charge in [0.25, 0.3) is 0 Å². The highest BCUT2D eigenvalue weighted by Gasteiger charge is 2.25. The molecule has 1 unspecified atom stereocenters. The van der Waals surface area contributed by atoms with Gasteiger partial charge >= 0.3 is 0 Å². The summed E-state index contributed by atoms with van der Waals surface area (Å²) in [6, 6.07) is 4.66. The molecule has 0 amide bonds. The maximum atomic E-state index is 9.08. The van der Waals surface area contributed by atoms with Crippen LogP contribution in [0.25, 0.3) is 0 Å². The molecule has 4 nitrogen and oxygen atoms in total. The molecule has 17 heavy (non-hydrogen) atoms. The van der Waals surface area contributed by atoms with Gasteiger partial charge in [0, 0.05) is 13.1 Å². The molecule has 0 saturated carbocycles. The highest BCUT2D eigenvalue weighted by atomic mass is 15.3. The molecule has 92 valence electrons. The van der Waals surface area contributed by atoms with Gasteiger partial charge in [0.1, 0.15) is 0 Å². The molecule has 2 heterocycles. The van der Waals surface area contributed by atoms with Crippen molar-refractivity contribution in [1.82, 2.24) is 14.7 Å². The van der Waals surface area contributed by atoms with Gasteiger partial charge in [-0.1, -0.05) is 6.92 Å². The molecule has 1 aliphatic heterocycles. The molecule has 1 atom stereocenters. The maximum Gasteiger partial charge on any atom is 0.0981 e. The summed E-state index contributed by atoms with van der Waals surface area (Å²) >= 11 is 0. The minimum Gasteiger partial charge on any atom is -0.282 e. The Hall–Kier alpha value is -1.34. The molecule has 0 radical (unpaired) electrons. The van der Waals surface area contributed by atoms with Crippen LogP contribution in [0.15, 0.2) is 6.07 Å². The summed E-state index contributed by atoms with van der Waals surface area (Å²) in [6.45, 7) is 7.04. The van der Waals surface area contributed by atoms with Gasteiger partial charge in [0.15, 0.2) is 0 Å². The lowest BCUT2D eigenvalue weighted by Gasteiger charge is -2.19. The molecule has 2 rings (SSSR count). The number of hydrogen-bond donors (Lipinski definition) is 0. The molecular weight excluding hydrogens is 212 g/mol. The fourth-order valence-electron chi connectivity index (χ4n) is 2.46. The van der Waals surface area contributed by atoms with E-state index in [0.717, 1.165) is 44.6 Å². The molecule has 1 aromatic rings. The lowest BCUT2D eigenvalue weighted by Crippen LogP contribution is -2.28. The van der Waals surface area contributed by atoms with Crippen molar-refractivity contribution in [1.29, 1.82) is 5.26 Å². The van der Waals surface area contributed by atoms with E-state index in [2.05, 4.69) is 40.7 Å². The highest BCUT2D eigenvalue weighted by Crippen LogP contribution is 2.20. The van der Waals surface area contributed by atoms with E-state index >= 15 is 0 Å². The second kappa shape index (κ2) is 5.33. The third kappa shape index (κ3) is 2.50. The summed E-state index contributed by atoms with van der Waals surface area (Å²) in [6.07, 6.45) is 3.12. The zero-order valence-corrected chi connectivity index (χ0v) is 10.7. The molecule has 1 saturated heterocycles. The van der Waals surface area contributed by atoms with Crippen molar-refractivity contribution >= 4 is 0 Å².